The van der Waals surface area contributed by atoms with Crippen molar-refractivity contribution in [2.75, 3.05) is 12.4 Å². The van der Waals surface area contributed by atoms with Crippen molar-refractivity contribution in [2.45, 2.75) is 44.0 Å². The summed E-state index contributed by atoms with van der Waals surface area (Å²) in [5.41, 5.74) is 0. The third-order valence-corrected chi connectivity index (χ3v) is 5.41. The van der Waals surface area contributed by atoms with E-state index in [1.807, 2.05) is 0 Å². The molecule has 1 atom stereocenters. The molecule has 1 fully saturated rings. The van der Waals surface area contributed by atoms with E-state index in [4.69, 9.17) is 4.74 Å². The molecule has 0 aromatic carbocycles. The molecule has 4 nitrogen and oxygen atoms in total. The summed E-state index contributed by atoms with van der Waals surface area (Å²) in [6.45, 7) is 3.95. The Bertz CT molecular complexity index is 533. The van der Waals surface area contributed by atoms with Crippen LogP contribution in [0.3, 0.4) is 0 Å². The van der Waals surface area contributed by atoms with E-state index in [-0.39, 0.29) is 0 Å². The molecule has 0 amide bonds. The van der Waals surface area contributed by atoms with Crippen LogP contribution in [0, 0.1) is 0 Å². The largest absolute Gasteiger partial charge is 0.377 e. The lowest BCUT2D eigenvalue weighted by Crippen LogP contribution is -2.21. The summed E-state index contributed by atoms with van der Waals surface area (Å²) in [7, 11) is 0. The van der Waals surface area contributed by atoms with E-state index in [9.17, 15) is 0 Å². The van der Waals surface area contributed by atoms with Crippen LogP contribution in [0.1, 0.15) is 26.2 Å². The minimum Gasteiger partial charge on any atom is -0.377 e. The van der Waals surface area contributed by atoms with Gasteiger partial charge in [0.1, 0.15) is 0 Å². The number of hydrogen-bond donors (Lipinski definition) is 0. The molecular weight excluding hydrogens is 290 g/mol. The summed E-state index contributed by atoms with van der Waals surface area (Å²) in [5.74, 6) is 1.96. The maximum absolute atomic E-state index is 5.78. The van der Waals surface area contributed by atoms with Crippen molar-refractivity contribution in [3.05, 3.63) is 17.5 Å². The van der Waals surface area contributed by atoms with Crippen LogP contribution in [-0.2, 0) is 11.3 Å². The second-order valence-corrected chi connectivity index (χ2v) is 6.76. The molecule has 2 aromatic rings. The molecule has 1 aliphatic heterocycles. The van der Waals surface area contributed by atoms with Gasteiger partial charge in [0, 0.05) is 18.9 Å². The first kappa shape index (κ1) is 14.1. The Morgan fingerprint density at radius 1 is 1.45 bits per heavy atom. The van der Waals surface area contributed by atoms with E-state index < -0.39 is 0 Å². The molecule has 0 aliphatic carbocycles. The quantitative estimate of drug-likeness (QED) is 0.790. The number of aromatic nitrogens is 3. The summed E-state index contributed by atoms with van der Waals surface area (Å²) in [5, 5.41) is 11.8. The molecule has 2 aromatic heterocycles. The van der Waals surface area contributed by atoms with E-state index >= 15 is 0 Å². The van der Waals surface area contributed by atoms with Gasteiger partial charge in [-0.15, -0.1) is 21.5 Å². The minimum atomic E-state index is 0.376. The predicted molar refractivity (Wildman–Crippen MR) is 83.3 cm³/mol. The van der Waals surface area contributed by atoms with Crippen LogP contribution < -0.4 is 0 Å². The zero-order chi connectivity index (χ0) is 13.8. The van der Waals surface area contributed by atoms with Crippen LogP contribution in [0.25, 0.3) is 10.7 Å². The Kier molecular flexibility index (Phi) is 4.75. The zero-order valence-corrected chi connectivity index (χ0v) is 13.3. The standard InChI is InChI=1S/C14H19N3OS2/c1-2-17-13(12-7-5-9-19-12)15-16-14(17)20-10-11-6-3-4-8-18-11/h5,7,9,11H,2-4,6,8,10H2,1H3/t11-/m0/s1. The van der Waals surface area contributed by atoms with Crippen molar-refractivity contribution in [1.82, 2.24) is 14.8 Å². The number of ether oxygens (including phenoxy) is 1. The summed E-state index contributed by atoms with van der Waals surface area (Å²) in [4.78, 5) is 1.18. The topological polar surface area (TPSA) is 39.9 Å². The van der Waals surface area contributed by atoms with Gasteiger partial charge in [0.25, 0.3) is 0 Å². The Labute approximate surface area is 127 Å². The SMILES string of the molecule is CCn1c(SC[C@@H]2CCCCO2)nnc1-c1cccs1. The lowest BCUT2D eigenvalue weighted by atomic mass is 10.1. The van der Waals surface area contributed by atoms with E-state index in [0.717, 1.165) is 29.9 Å². The molecule has 0 N–H and O–H groups in total. The fourth-order valence-corrected chi connectivity index (χ4v) is 4.16. The van der Waals surface area contributed by atoms with Gasteiger partial charge >= 0.3 is 0 Å². The van der Waals surface area contributed by atoms with Crippen molar-refractivity contribution >= 4 is 23.1 Å². The molecule has 108 valence electrons. The first-order chi connectivity index (χ1) is 9.88. The lowest BCUT2D eigenvalue weighted by molar-refractivity contribution is 0.0315. The number of hydrogen-bond acceptors (Lipinski definition) is 5. The van der Waals surface area contributed by atoms with E-state index in [0.29, 0.717) is 6.10 Å². The van der Waals surface area contributed by atoms with Crippen LogP contribution in [-0.4, -0.2) is 33.2 Å². The van der Waals surface area contributed by atoms with Crippen LogP contribution in [0.15, 0.2) is 22.7 Å². The summed E-state index contributed by atoms with van der Waals surface area (Å²) >= 11 is 3.47. The van der Waals surface area contributed by atoms with Gasteiger partial charge < -0.3 is 9.30 Å². The van der Waals surface area contributed by atoms with Crippen LogP contribution in [0.4, 0.5) is 0 Å². The highest BCUT2D eigenvalue weighted by atomic mass is 32.2. The Hall–Kier alpha value is -0.850. The van der Waals surface area contributed by atoms with Crippen LogP contribution >= 0.6 is 23.1 Å². The predicted octanol–water partition coefficient (Wildman–Crippen LogP) is 3.69. The second-order valence-electron chi connectivity index (χ2n) is 4.83. The van der Waals surface area contributed by atoms with Gasteiger partial charge in [0.05, 0.1) is 11.0 Å². The molecule has 0 radical (unpaired) electrons. The molecule has 0 unspecified atom stereocenters. The third-order valence-electron chi connectivity index (χ3n) is 3.45. The molecule has 3 heterocycles. The Morgan fingerprint density at radius 2 is 2.40 bits per heavy atom. The van der Waals surface area contributed by atoms with Crippen molar-refractivity contribution in [3.8, 4) is 10.7 Å². The Morgan fingerprint density at radius 3 is 3.10 bits per heavy atom. The highest BCUT2D eigenvalue weighted by molar-refractivity contribution is 7.99. The van der Waals surface area contributed by atoms with E-state index in [1.54, 1.807) is 23.1 Å². The molecule has 0 spiro atoms. The number of thioether (sulfide) groups is 1. The molecule has 0 saturated carbocycles. The van der Waals surface area contributed by atoms with Crippen LogP contribution in [0.5, 0.6) is 0 Å². The molecule has 1 aliphatic rings. The molecular formula is C14H19N3OS2. The monoisotopic (exact) mass is 309 g/mol. The summed E-state index contributed by atoms with van der Waals surface area (Å²) in [6, 6.07) is 4.15. The van der Waals surface area contributed by atoms with Gasteiger partial charge in [-0.1, -0.05) is 17.8 Å². The minimum absolute atomic E-state index is 0.376. The third kappa shape index (κ3) is 3.07. The Balaban J connectivity index is 1.70. The molecule has 20 heavy (non-hydrogen) atoms. The highest BCUT2D eigenvalue weighted by Gasteiger charge is 2.18. The van der Waals surface area contributed by atoms with Gasteiger partial charge in [0.2, 0.25) is 0 Å². The van der Waals surface area contributed by atoms with Crippen molar-refractivity contribution in [3.63, 3.8) is 0 Å². The average Bonchev–Trinajstić information content (AvgIpc) is 3.14. The van der Waals surface area contributed by atoms with Crippen molar-refractivity contribution in [1.29, 1.82) is 0 Å². The van der Waals surface area contributed by atoms with E-state index in [2.05, 4.69) is 39.2 Å². The lowest BCUT2D eigenvalue weighted by Gasteiger charge is -2.21. The maximum atomic E-state index is 5.78. The molecule has 6 heteroatoms. The molecule has 0 bridgehead atoms. The second kappa shape index (κ2) is 6.74. The van der Waals surface area contributed by atoms with Gasteiger partial charge in [-0.05, 0) is 37.6 Å². The number of rotatable bonds is 5. The van der Waals surface area contributed by atoms with Gasteiger partial charge in [-0.25, -0.2) is 0 Å². The van der Waals surface area contributed by atoms with Gasteiger partial charge in [-0.3, -0.25) is 0 Å². The first-order valence-electron chi connectivity index (χ1n) is 7.10. The molecule has 3 rings (SSSR count). The average molecular weight is 309 g/mol. The molecule has 1 saturated heterocycles. The number of nitrogens with zero attached hydrogens (tertiary/aromatic N) is 3. The van der Waals surface area contributed by atoms with E-state index in [1.165, 1.54) is 24.1 Å². The van der Waals surface area contributed by atoms with Crippen LogP contribution in [0.2, 0.25) is 0 Å². The first-order valence-corrected chi connectivity index (χ1v) is 8.96. The van der Waals surface area contributed by atoms with Crippen molar-refractivity contribution in [2.24, 2.45) is 0 Å². The normalized spacial score (nSPS) is 19.4. The fourth-order valence-electron chi connectivity index (χ4n) is 2.37. The van der Waals surface area contributed by atoms with Gasteiger partial charge in [-0.2, -0.15) is 0 Å². The summed E-state index contributed by atoms with van der Waals surface area (Å²) < 4.78 is 7.97. The van der Waals surface area contributed by atoms with Gasteiger partial charge in [0.15, 0.2) is 11.0 Å². The zero-order valence-electron chi connectivity index (χ0n) is 11.6. The number of thiophene rings is 1. The smallest absolute Gasteiger partial charge is 0.191 e. The van der Waals surface area contributed by atoms with Crippen molar-refractivity contribution < 1.29 is 4.74 Å². The highest BCUT2D eigenvalue weighted by Crippen LogP contribution is 2.28. The summed E-state index contributed by atoms with van der Waals surface area (Å²) in [6.07, 6.45) is 4.03. The fraction of sp³-hybridized carbons (Fsp3) is 0.571. The maximum Gasteiger partial charge on any atom is 0.191 e.